The molecule has 2 heterocycles. The van der Waals surface area contributed by atoms with Crippen LogP contribution in [-0.2, 0) is 9.53 Å². The molecule has 1 saturated heterocycles. The van der Waals surface area contributed by atoms with Gasteiger partial charge in [-0.2, -0.15) is 0 Å². The zero-order chi connectivity index (χ0) is 19.0. The van der Waals surface area contributed by atoms with Crippen molar-refractivity contribution in [1.29, 1.82) is 0 Å². The third kappa shape index (κ3) is 5.51. The van der Waals surface area contributed by atoms with Gasteiger partial charge in [-0.25, -0.2) is 0 Å². The van der Waals surface area contributed by atoms with E-state index in [1.54, 1.807) is 31.5 Å². The Morgan fingerprint density at radius 1 is 1.31 bits per heavy atom. The Labute approximate surface area is 155 Å². The molecule has 0 aromatic carbocycles. The Morgan fingerprint density at radius 2 is 2.04 bits per heavy atom. The molecule has 1 aliphatic rings. The number of nitrogens with one attached hydrogen (secondary N) is 3. The highest BCUT2D eigenvalue weighted by atomic mass is 16.5. The van der Waals surface area contributed by atoms with Crippen molar-refractivity contribution < 1.29 is 14.3 Å². The molecule has 3 N–H and O–H groups in total. The minimum Gasteiger partial charge on any atom is -0.384 e. The van der Waals surface area contributed by atoms with E-state index >= 15 is 0 Å². The van der Waals surface area contributed by atoms with Crippen LogP contribution in [0.15, 0.2) is 24.4 Å². The van der Waals surface area contributed by atoms with Crippen molar-refractivity contribution >= 4 is 11.8 Å². The average Bonchev–Trinajstić information content (AvgIpc) is 2.65. The van der Waals surface area contributed by atoms with Crippen LogP contribution in [0.3, 0.4) is 0 Å². The van der Waals surface area contributed by atoms with E-state index < -0.39 is 6.04 Å². The summed E-state index contributed by atoms with van der Waals surface area (Å²) in [5.74, 6) is -0.541. The molecule has 1 fully saturated rings. The van der Waals surface area contributed by atoms with E-state index in [9.17, 15) is 9.59 Å². The summed E-state index contributed by atoms with van der Waals surface area (Å²) in [5, 5.41) is 9.18. The fraction of sp³-hybridized carbons (Fsp3) is 0.632. The third-order valence-corrected chi connectivity index (χ3v) is 4.89. The van der Waals surface area contributed by atoms with Gasteiger partial charge in [-0.3, -0.25) is 14.6 Å². The number of piperidine rings is 1. The molecule has 26 heavy (non-hydrogen) atoms. The minimum absolute atomic E-state index is 0.0333. The number of aromatic nitrogens is 1. The molecule has 2 rings (SSSR count). The molecule has 0 aliphatic carbocycles. The molecule has 0 spiro atoms. The molecule has 144 valence electrons. The lowest BCUT2D eigenvalue weighted by molar-refractivity contribution is -0.124. The zero-order valence-corrected chi connectivity index (χ0v) is 15.9. The van der Waals surface area contributed by atoms with Gasteiger partial charge in [-0.05, 0) is 44.0 Å². The number of methoxy groups -OCH3 is 1. The maximum absolute atomic E-state index is 12.7. The highest BCUT2D eigenvalue weighted by Gasteiger charge is 2.34. The van der Waals surface area contributed by atoms with Crippen LogP contribution in [-0.4, -0.2) is 56.2 Å². The molecule has 0 saturated carbocycles. The van der Waals surface area contributed by atoms with E-state index in [4.69, 9.17) is 4.74 Å². The monoisotopic (exact) mass is 362 g/mol. The highest BCUT2D eigenvalue weighted by Crippen LogP contribution is 2.28. The lowest BCUT2D eigenvalue weighted by atomic mass is 9.79. The molecule has 1 unspecified atom stereocenters. The first-order chi connectivity index (χ1) is 12.5. The van der Waals surface area contributed by atoms with E-state index in [-0.39, 0.29) is 23.1 Å². The summed E-state index contributed by atoms with van der Waals surface area (Å²) in [4.78, 5) is 29.1. The topological polar surface area (TPSA) is 92.4 Å². The summed E-state index contributed by atoms with van der Waals surface area (Å²) in [6.45, 7) is 6.83. The van der Waals surface area contributed by atoms with E-state index in [0.717, 1.165) is 25.9 Å². The van der Waals surface area contributed by atoms with Crippen LogP contribution in [0.2, 0.25) is 0 Å². The average molecular weight is 362 g/mol. The molecule has 1 aliphatic heterocycles. The van der Waals surface area contributed by atoms with Gasteiger partial charge in [0.15, 0.2) is 0 Å². The van der Waals surface area contributed by atoms with E-state index in [1.165, 1.54) is 0 Å². The molecule has 1 aromatic heterocycles. The summed E-state index contributed by atoms with van der Waals surface area (Å²) in [6.07, 6.45) is 3.46. The number of carbonyl (C=O) groups excluding carboxylic acids is 2. The lowest BCUT2D eigenvalue weighted by Gasteiger charge is -2.37. The molecular weight excluding hydrogens is 332 g/mol. The smallest absolute Gasteiger partial charge is 0.270 e. The maximum atomic E-state index is 12.7. The van der Waals surface area contributed by atoms with Gasteiger partial charge in [0.2, 0.25) is 5.91 Å². The van der Waals surface area contributed by atoms with Crippen molar-refractivity contribution in [2.24, 2.45) is 11.3 Å². The normalized spacial score (nSPS) is 17.5. The Hall–Kier alpha value is -1.99. The third-order valence-electron chi connectivity index (χ3n) is 4.89. The van der Waals surface area contributed by atoms with Crippen LogP contribution in [0.25, 0.3) is 0 Å². The summed E-state index contributed by atoms with van der Waals surface area (Å²) in [7, 11) is 1.69. The molecule has 0 radical (unpaired) electrons. The fourth-order valence-corrected chi connectivity index (χ4v) is 3.27. The highest BCUT2D eigenvalue weighted by molar-refractivity contribution is 5.96. The zero-order valence-electron chi connectivity index (χ0n) is 15.9. The Kier molecular flexibility index (Phi) is 7.53. The molecule has 1 aromatic rings. The first-order valence-corrected chi connectivity index (χ1v) is 9.17. The van der Waals surface area contributed by atoms with Crippen LogP contribution in [0, 0.1) is 11.3 Å². The molecule has 7 heteroatoms. The number of nitrogens with zero attached hydrogens (tertiary/aromatic N) is 1. The van der Waals surface area contributed by atoms with Crippen molar-refractivity contribution in [3.8, 4) is 0 Å². The largest absolute Gasteiger partial charge is 0.384 e. The number of rotatable bonds is 8. The Bertz CT molecular complexity index is 580. The van der Waals surface area contributed by atoms with Crippen molar-refractivity contribution in [3.05, 3.63) is 30.1 Å². The Morgan fingerprint density at radius 3 is 2.62 bits per heavy atom. The summed E-state index contributed by atoms with van der Waals surface area (Å²) in [5.41, 5.74) is 0.252. The molecule has 7 nitrogen and oxygen atoms in total. The van der Waals surface area contributed by atoms with Crippen LogP contribution < -0.4 is 16.0 Å². The molecule has 0 bridgehead atoms. The first kappa shape index (κ1) is 20.3. The second kappa shape index (κ2) is 9.64. The number of ether oxygens (including phenoxy) is 1. The fourth-order valence-electron chi connectivity index (χ4n) is 3.27. The molecule has 1 atom stereocenters. The molecule has 2 amide bonds. The predicted molar refractivity (Wildman–Crippen MR) is 99.8 cm³/mol. The number of amides is 2. The van der Waals surface area contributed by atoms with Crippen molar-refractivity contribution in [3.63, 3.8) is 0 Å². The number of carbonyl (C=O) groups is 2. The van der Waals surface area contributed by atoms with E-state index in [2.05, 4.69) is 20.9 Å². The lowest BCUT2D eigenvalue weighted by Crippen LogP contribution is -2.53. The van der Waals surface area contributed by atoms with Gasteiger partial charge >= 0.3 is 0 Å². The quantitative estimate of drug-likeness (QED) is 0.641. The second-order valence-corrected chi connectivity index (χ2v) is 7.31. The standard InChI is InChI=1S/C19H30N4O3/c1-14(2)16(23-17(24)15-6-4-5-9-21-15)18(25)22-12-19(13-26-3)7-10-20-11-8-19/h4-6,9,14,16,20H,7-8,10-13H2,1-3H3,(H,22,25)(H,23,24). The van der Waals surface area contributed by atoms with Gasteiger partial charge in [0.1, 0.15) is 11.7 Å². The van der Waals surface area contributed by atoms with Crippen LogP contribution in [0.4, 0.5) is 0 Å². The van der Waals surface area contributed by atoms with Gasteiger partial charge in [-0.1, -0.05) is 19.9 Å². The summed E-state index contributed by atoms with van der Waals surface area (Å²) >= 11 is 0. The van der Waals surface area contributed by atoms with Crippen molar-refractivity contribution in [2.45, 2.75) is 32.7 Å². The second-order valence-electron chi connectivity index (χ2n) is 7.31. The SMILES string of the molecule is COCC1(CNC(=O)C(NC(=O)c2ccccn2)C(C)C)CCNCC1. The van der Waals surface area contributed by atoms with E-state index in [1.807, 2.05) is 13.8 Å². The van der Waals surface area contributed by atoms with Gasteiger partial charge in [-0.15, -0.1) is 0 Å². The van der Waals surface area contributed by atoms with Gasteiger partial charge < -0.3 is 20.7 Å². The Balaban J connectivity index is 1.98. The first-order valence-electron chi connectivity index (χ1n) is 9.17. The van der Waals surface area contributed by atoms with Gasteiger partial charge in [0.25, 0.3) is 5.91 Å². The van der Waals surface area contributed by atoms with Crippen molar-refractivity contribution in [1.82, 2.24) is 20.9 Å². The minimum atomic E-state index is -0.606. The van der Waals surface area contributed by atoms with Gasteiger partial charge in [0.05, 0.1) is 6.61 Å². The van der Waals surface area contributed by atoms with Crippen molar-refractivity contribution in [2.75, 3.05) is 33.4 Å². The van der Waals surface area contributed by atoms with Crippen LogP contribution >= 0.6 is 0 Å². The summed E-state index contributed by atoms with van der Waals surface area (Å²) in [6, 6.07) is 4.52. The predicted octanol–water partition coefficient (Wildman–Crippen LogP) is 0.968. The van der Waals surface area contributed by atoms with Gasteiger partial charge in [0, 0.05) is 25.3 Å². The van der Waals surface area contributed by atoms with E-state index in [0.29, 0.717) is 18.8 Å². The number of hydrogen-bond donors (Lipinski definition) is 3. The maximum Gasteiger partial charge on any atom is 0.270 e. The summed E-state index contributed by atoms with van der Waals surface area (Å²) < 4.78 is 5.39. The van der Waals surface area contributed by atoms with Crippen LogP contribution in [0.1, 0.15) is 37.2 Å². The number of pyridine rings is 1. The van der Waals surface area contributed by atoms with Crippen LogP contribution in [0.5, 0.6) is 0 Å². The molecular formula is C19H30N4O3. The number of hydrogen-bond acceptors (Lipinski definition) is 5.